The molecule has 4 nitrogen and oxygen atoms in total. The first-order valence-electron chi connectivity index (χ1n) is 7.87. The molecule has 1 N–H and O–H groups in total. The first-order chi connectivity index (χ1) is 10.4. The van der Waals surface area contributed by atoms with Crippen LogP contribution in [0.4, 0.5) is 0 Å². The number of nitrogens with zero attached hydrogens (tertiary/aromatic N) is 1. The maximum Gasteiger partial charge on any atom is 0.251 e. The standard InChI is InChI=1S/C17H26N2O2S/c1-17(2,19-11-5-4-6-12-19)13-18-16(20)14-7-9-15(10-8-14)22(3)21/h7-10H,4-6,11-13H2,1-3H3,(H,18,20)/t22-/m1/s1. The minimum atomic E-state index is -1.01. The largest absolute Gasteiger partial charge is 0.350 e. The van der Waals surface area contributed by atoms with Crippen LogP contribution in [-0.2, 0) is 10.8 Å². The molecule has 1 aromatic carbocycles. The number of hydrogen-bond donors (Lipinski definition) is 1. The van der Waals surface area contributed by atoms with E-state index in [-0.39, 0.29) is 11.4 Å². The molecule has 5 heteroatoms. The maximum atomic E-state index is 12.2. The number of likely N-dealkylation sites (tertiary alicyclic amines) is 1. The molecular formula is C17H26N2O2S. The summed E-state index contributed by atoms with van der Waals surface area (Å²) in [4.78, 5) is 15.4. The van der Waals surface area contributed by atoms with Gasteiger partial charge in [0.1, 0.15) is 0 Å². The Labute approximate surface area is 135 Å². The summed E-state index contributed by atoms with van der Waals surface area (Å²) in [5.41, 5.74) is 0.588. The summed E-state index contributed by atoms with van der Waals surface area (Å²) in [5, 5.41) is 3.03. The third kappa shape index (κ3) is 4.40. The zero-order chi connectivity index (χ0) is 16.2. The molecule has 0 unspecified atom stereocenters. The van der Waals surface area contributed by atoms with E-state index >= 15 is 0 Å². The highest BCUT2D eigenvalue weighted by molar-refractivity contribution is 7.84. The van der Waals surface area contributed by atoms with E-state index in [0.29, 0.717) is 12.1 Å². The summed E-state index contributed by atoms with van der Waals surface area (Å²) in [7, 11) is -1.01. The molecular weight excluding hydrogens is 296 g/mol. The first-order valence-corrected chi connectivity index (χ1v) is 9.43. The van der Waals surface area contributed by atoms with Crippen molar-refractivity contribution in [3.05, 3.63) is 29.8 Å². The van der Waals surface area contributed by atoms with Gasteiger partial charge in [-0.05, 0) is 64.0 Å². The van der Waals surface area contributed by atoms with Gasteiger partial charge in [0.05, 0.1) is 0 Å². The molecule has 1 saturated heterocycles. The van der Waals surface area contributed by atoms with Crippen molar-refractivity contribution in [1.82, 2.24) is 10.2 Å². The van der Waals surface area contributed by atoms with Gasteiger partial charge in [0.15, 0.2) is 0 Å². The van der Waals surface area contributed by atoms with Crippen LogP contribution in [0.2, 0.25) is 0 Å². The molecule has 1 aromatic rings. The number of benzene rings is 1. The average Bonchev–Trinajstić information content (AvgIpc) is 2.53. The monoisotopic (exact) mass is 322 g/mol. The summed E-state index contributed by atoms with van der Waals surface area (Å²) in [6, 6.07) is 6.97. The topological polar surface area (TPSA) is 49.4 Å². The third-order valence-electron chi connectivity index (χ3n) is 4.34. The number of hydrogen-bond acceptors (Lipinski definition) is 3. The molecule has 2 rings (SSSR count). The first kappa shape index (κ1) is 17.2. The molecule has 0 aromatic heterocycles. The second-order valence-corrected chi connectivity index (χ2v) is 7.90. The van der Waals surface area contributed by atoms with Gasteiger partial charge in [0.25, 0.3) is 5.91 Å². The summed E-state index contributed by atoms with van der Waals surface area (Å²) in [5.74, 6) is -0.0708. The molecule has 1 heterocycles. The van der Waals surface area contributed by atoms with Crippen molar-refractivity contribution in [2.45, 2.75) is 43.5 Å². The van der Waals surface area contributed by atoms with Gasteiger partial charge in [-0.15, -0.1) is 0 Å². The second kappa shape index (κ2) is 7.38. The van der Waals surface area contributed by atoms with Gasteiger partial charge in [-0.2, -0.15) is 0 Å². The molecule has 0 bridgehead atoms. The highest BCUT2D eigenvalue weighted by Crippen LogP contribution is 2.20. The lowest BCUT2D eigenvalue weighted by Crippen LogP contribution is -2.53. The van der Waals surface area contributed by atoms with E-state index in [4.69, 9.17) is 0 Å². The Hall–Kier alpha value is -1.20. The van der Waals surface area contributed by atoms with Crippen molar-refractivity contribution in [2.24, 2.45) is 0 Å². The minimum absolute atomic E-state index is 0.0268. The fourth-order valence-corrected chi connectivity index (χ4v) is 3.33. The third-order valence-corrected chi connectivity index (χ3v) is 5.28. The number of amides is 1. The van der Waals surface area contributed by atoms with Crippen LogP contribution in [0.25, 0.3) is 0 Å². The predicted octanol–water partition coefficient (Wildman–Crippen LogP) is 2.42. The van der Waals surface area contributed by atoms with Crippen molar-refractivity contribution >= 4 is 16.7 Å². The van der Waals surface area contributed by atoms with Crippen molar-refractivity contribution in [3.63, 3.8) is 0 Å². The highest BCUT2D eigenvalue weighted by atomic mass is 32.2. The van der Waals surface area contributed by atoms with Gasteiger partial charge in [-0.3, -0.25) is 13.9 Å². The van der Waals surface area contributed by atoms with Gasteiger partial charge in [-0.25, -0.2) is 0 Å². The molecule has 22 heavy (non-hydrogen) atoms. The second-order valence-electron chi connectivity index (χ2n) is 6.52. The van der Waals surface area contributed by atoms with Crippen LogP contribution >= 0.6 is 0 Å². The molecule has 1 aliphatic rings. The molecule has 122 valence electrons. The van der Waals surface area contributed by atoms with Crippen LogP contribution in [0.5, 0.6) is 0 Å². The van der Waals surface area contributed by atoms with E-state index in [1.807, 2.05) is 0 Å². The lowest BCUT2D eigenvalue weighted by molar-refractivity contribution is 0.0797. The Kier molecular flexibility index (Phi) is 5.75. The average molecular weight is 322 g/mol. The summed E-state index contributed by atoms with van der Waals surface area (Å²) in [6.07, 6.45) is 5.43. The Bertz CT molecular complexity index is 534. The Morgan fingerprint density at radius 1 is 1.18 bits per heavy atom. The van der Waals surface area contributed by atoms with E-state index < -0.39 is 10.8 Å². The van der Waals surface area contributed by atoms with Crippen LogP contribution in [-0.4, -0.2) is 46.4 Å². The normalized spacial score (nSPS) is 18.0. The van der Waals surface area contributed by atoms with Gasteiger partial charge >= 0.3 is 0 Å². The van der Waals surface area contributed by atoms with Crippen LogP contribution in [0.1, 0.15) is 43.5 Å². The lowest BCUT2D eigenvalue weighted by atomic mass is 9.98. The molecule has 1 aliphatic heterocycles. The minimum Gasteiger partial charge on any atom is -0.350 e. The van der Waals surface area contributed by atoms with E-state index in [0.717, 1.165) is 18.0 Å². The maximum absolute atomic E-state index is 12.2. The van der Waals surface area contributed by atoms with E-state index in [2.05, 4.69) is 24.1 Å². The smallest absolute Gasteiger partial charge is 0.251 e. The fourth-order valence-electron chi connectivity index (χ4n) is 2.81. The quantitative estimate of drug-likeness (QED) is 0.906. The number of nitrogens with one attached hydrogen (secondary N) is 1. The summed E-state index contributed by atoms with van der Waals surface area (Å²) in [6.45, 7) is 7.22. The Balaban J connectivity index is 1.92. The van der Waals surface area contributed by atoms with Crippen LogP contribution in [0.3, 0.4) is 0 Å². The van der Waals surface area contributed by atoms with Crippen molar-refractivity contribution in [1.29, 1.82) is 0 Å². The Morgan fingerprint density at radius 2 is 1.77 bits per heavy atom. The molecule has 1 fully saturated rings. The van der Waals surface area contributed by atoms with Crippen LogP contribution < -0.4 is 5.32 Å². The van der Waals surface area contributed by atoms with E-state index in [1.54, 1.807) is 30.5 Å². The van der Waals surface area contributed by atoms with Crippen LogP contribution in [0, 0.1) is 0 Å². The van der Waals surface area contributed by atoms with Gasteiger partial charge in [0.2, 0.25) is 0 Å². The molecule has 0 radical (unpaired) electrons. The molecule has 1 atom stereocenters. The number of carbonyl (C=O) groups excluding carboxylic acids is 1. The number of piperidine rings is 1. The molecule has 0 aliphatic carbocycles. The highest BCUT2D eigenvalue weighted by Gasteiger charge is 2.28. The van der Waals surface area contributed by atoms with Gasteiger partial charge in [-0.1, -0.05) is 6.42 Å². The van der Waals surface area contributed by atoms with Crippen molar-refractivity contribution < 1.29 is 9.00 Å². The van der Waals surface area contributed by atoms with Gasteiger partial charge < -0.3 is 5.32 Å². The molecule has 0 saturated carbocycles. The number of carbonyl (C=O) groups is 1. The molecule has 0 spiro atoms. The van der Waals surface area contributed by atoms with Crippen LogP contribution in [0.15, 0.2) is 29.2 Å². The zero-order valence-electron chi connectivity index (χ0n) is 13.7. The molecule has 1 amide bonds. The summed E-state index contributed by atoms with van der Waals surface area (Å²) < 4.78 is 11.4. The van der Waals surface area contributed by atoms with E-state index in [9.17, 15) is 9.00 Å². The predicted molar refractivity (Wildman–Crippen MR) is 90.6 cm³/mol. The zero-order valence-corrected chi connectivity index (χ0v) is 14.5. The lowest BCUT2D eigenvalue weighted by Gasteiger charge is -2.41. The summed E-state index contributed by atoms with van der Waals surface area (Å²) >= 11 is 0. The van der Waals surface area contributed by atoms with E-state index in [1.165, 1.54) is 19.3 Å². The van der Waals surface area contributed by atoms with Crippen molar-refractivity contribution in [2.75, 3.05) is 25.9 Å². The Morgan fingerprint density at radius 3 is 2.32 bits per heavy atom. The van der Waals surface area contributed by atoms with Gasteiger partial charge in [0, 0.05) is 39.6 Å². The van der Waals surface area contributed by atoms with Crippen molar-refractivity contribution in [3.8, 4) is 0 Å². The fraction of sp³-hybridized carbons (Fsp3) is 0.588. The number of rotatable bonds is 5. The SMILES string of the molecule is C[S@@](=O)c1ccc(C(=O)NCC(C)(C)N2CCCCC2)cc1.